The Morgan fingerprint density at radius 1 is 1.00 bits per heavy atom. The van der Waals surface area contributed by atoms with Gasteiger partial charge in [0.25, 0.3) is 0 Å². The maximum atomic E-state index is 13.8. The SMILES string of the molecule is CCOC(=O)CCCCCCCCCCC(=O)N[C@H](C(=O)N1C[C@H](O)C[C@H]1C(=O)NCc1ccc(-c2scnc2C)cc1)C(C)(C)C. The maximum Gasteiger partial charge on any atom is 0.305 e. The third-order valence-corrected chi connectivity index (χ3v) is 9.53. The predicted molar refractivity (Wildman–Crippen MR) is 184 cm³/mol. The summed E-state index contributed by atoms with van der Waals surface area (Å²) in [5.41, 5.74) is 4.21. The van der Waals surface area contributed by atoms with Crippen molar-refractivity contribution in [2.24, 2.45) is 5.41 Å². The molecule has 1 aromatic carbocycles. The van der Waals surface area contributed by atoms with E-state index in [9.17, 15) is 24.3 Å². The lowest BCUT2D eigenvalue weighted by atomic mass is 9.85. The van der Waals surface area contributed by atoms with Gasteiger partial charge in [0.05, 0.1) is 28.8 Å². The van der Waals surface area contributed by atoms with Gasteiger partial charge in [-0.25, -0.2) is 4.98 Å². The van der Waals surface area contributed by atoms with Gasteiger partial charge in [-0.05, 0) is 43.2 Å². The summed E-state index contributed by atoms with van der Waals surface area (Å²) in [6.07, 6.45) is 7.99. The summed E-state index contributed by atoms with van der Waals surface area (Å²) in [6, 6.07) is 6.29. The van der Waals surface area contributed by atoms with E-state index in [0.717, 1.165) is 73.1 Å². The lowest BCUT2D eigenvalue weighted by Gasteiger charge is -2.35. The number of esters is 1. The molecule has 260 valence electrons. The predicted octanol–water partition coefficient (Wildman–Crippen LogP) is 5.69. The molecule has 1 aliphatic rings. The van der Waals surface area contributed by atoms with Gasteiger partial charge >= 0.3 is 5.97 Å². The Kier molecular flexibility index (Phi) is 15.3. The molecule has 3 rings (SSSR count). The first-order chi connectivity index (χ1) is 22.4. The van der Waals surface area contributed by atoms with E-state index in [2.05, 4.69) is 15.6 Å². The van der Waals surface area contributed by atoms with E-state index < -0.39 is 23.6 Å². The Labute approximate surface area is 284 Å². The van der Waals surface area contributed by atoms with Gasteiger partial charge < -0.3 is 25.4 Å². The summed E-state index contributed by atoms with van der Waals surface area (Å²) in [5.74, 6) is -0.985. The minimum atomic E-state index is -0.826. The summed E-state index contributed by atoms with van der Waals surface area (Å²) in [5, 5.41) is 16.4. The van der Waals surface area contributed by atoms with Crippen LogP contribution in [0.2, 0.25) is 0 Å². The molecule has 1 fully saturated rings. The van der Waals surface area contributed by atoms with Crippen LogP contribution < -0.4 is 10.6 Å². The van der Waals surface area contributed by atoms with Gasteiger partial charge in [0, 0.05) is 32.4 Å². The van der Waals surface area contributed by atoms with Gasteiger partial charge in [0.15, 0.2) is 0 Å². The second-order valence-corrected chi connectivity index (χ2v) is 14.4. The lowest BCUT2D eigenvalue weighted by molar-refractivity contribution is -0.144. The van der Waals surface area contributed by atoms with Crippen LogP contribution in [-0.2, 0) is 30.5 Å². The van der Waals surface area contributed by atoms with Crippen molar-refractivity contribution < 1.29 is 29.0 Å². The number of benzene rings is 1. The average Bonchev–Trinajstić information content (AvgIpc) is 3.64. The molecule has 0 saturated carbocycles. The zero-order valence-electron chi connectivity index (χ0n) is 28.8. The van der Waals surface area contributed by atoms with Crippen molar-refractivity contribution in [3.63, 3.8) is 0 Å². The van der Waals surface area contributed by atoms with E-state index in [-0.39, 0.29) is 36.7 Å². The first-order valence-corrected chi connectivity index (χ1v) is 18.0. The number of aliphatic hydroxyl groups excluding tert-OH is 1. The van der Waals surface area contributed by atoms with Crippen LogP contribution in [0.15, 0.2) is 29.8 Å². The number of β-amino-alcohol motifs (C(OH)–C–C–N with tert-alkyl or cyclic N) is 1. The molecule has 2 aromatic rings. The summed E-state index contributed by atoms with van der Waals surface area (Å²) in [7, 11) is 0. The van der Waals surface area contributed by atoms with Crippen molar-refractivity contribution >= 4 is 35.0 Å². The molecule has 0 aliphatic carbocycles. The first kappa shape index (κ1) is 38.1. The third-order valence-electron chi connectivity index (χ3n) is 8.55. The standard InChI is InChI=1S/C36H54N4O6S/c1-6-46-31(43)16-14-12-10-8-7-9-11-13-15-30(42)39-33(36(3,4)5)35(45)40-23-28(41)21-29(40)34(44)37-22-26-17-19-27(20-18-26)32-25(2)38-24-47-32/h17-20,24,28-29,33,41H,6-16,21-23H2,1-5H3,(H,37,44)(H,39,42)/t28-,29+,33-/m1/s1. The zero-order valence-corrected chi connectivity index (χ0v) is 29.6. The monoisotopic (exact) mass is 670 g/mol. The highest BCUT2D eigenvalue weighted by molar-refractivity contribution is 7.13. The van der Waals surface area contributed by atoms with Gasteiger partial charge in [0.2, 0.25) is 17.7 Å². The van der Waals surface area contributed by atoms with Crippen LogP contribution in [0.1, 0.15) is 110 Å². The molecule has 10 nitrogen and oxygen atoms in total. The van der Waals surface area contributed by atoms with Crippen molar-refractivity contribution in [3.05, 3.63) is 41.0 Å². The molecule has 3 N–H and O–H groups in total. The van der Waals surface area contributed by atoms with Crippen molar-refractivity contribution in [2.45, 2.75) is 130 Å². The Bertz CT molecular complexity index is 1310. The summed E-state index contributed by atoms with van der Waals surface area (Å²) < 4.78 is 4.95. The molecule has 47 heavy (non-hydrogen) atoms. The number of nitrogens with one attached hydrogen (secondary N) is 2. The van der Waals surface area contributed by atoms with E-state index in [0.29, 0.717) is 26.0 Å². The molecule has 11 heteroatoms. The highest BCUT2D eigenvalue weighted by atomic mass is 32.1. The van der Waals surface area contributed by atoms with E-state index >= 15 is 0 Å². The molecule has 0 bridgehead atoms. The van der Waals surface area contributed by atoms with E-state index in [1.165, 1.54) is 4.90 Å². The minimum Gasteiger partial charge on any atom is -0.466 e. The Morgan fingerprint density at radius 2 is 1.62 bits per heavy atom. The van der Waals surface area contributed by atoms with Crippen molar-refractivity contribution in [1.29, 1.82) is 0 Å². The molecule has 1 aliphatic heterocycles. The molecule has 1 saturated heterocycles. The summed E-state index contributed by atoms with van der Waals surface area (Å²) in [6.45, 7) is 10.2. The second-order valence-electron chi connectivity index (χ2n) is 13.6. The van der Waals surface area contributed by atoms with Gasteiger partial charge in [-0.1, -0.05) is 83.6 Å². The highest BCUT2D eigenvalue weighted by Gasteiger charge is 2.44. The number of carbonyl (C=O) groups excluding carboxylic acids is 4. The molecule has 3 amide bonds. The number of rotatable bonds is 18. The van der Waals surface area contributed by atoms with Crippen LogP contribution >= 0.6 is 11.3 Å². The fourth-order valence-electron chi connectivity index (χ4n) is 5.86. The molecule has 0 unspecified atom stereocenters. The molecule has 0 spiro atoms. The van der Waals surface area contributed by atoms with E-state index in [1.54, 1.807) is 11.3 Å². The quantitative estimate of drug-likeness (QED) is 0.137. The number of aliphatic hydroxyl groups is 1. The van der Waals surface area contributed by atoms with Gasteiger partial charge in [-0.2, -0.15) is 0 Å². The van der Waals surface area contributed by atoms with Crippen LogP contribution in [0.4, 0.5) is 0 Å². The van der Waals surface area contributed by atoms with Crippen LogP contribution in [0, 0.1) is 12.3 Å². The van der Waals surface area contributed by atoms with Gasteiger partial charge in [-0.3, -0.25) is 19.2 Å². The fraction of sp³-hybridized carbons (Fsp3) is 0.639. The Hall–Kier alpha value is -3.31. The van der Waals surface area contributed by atoms with Crippen LogP contribution in [-0.4, -0.2) is 70.0 Å². The van der Waals surface area contributed by atoms with Crippen LogP contribution in [0.3, 0.4) is 0 Å². The van der Waals surface area contributed by atoms with Gasteiger partial charge in [0.1, 0.15) is 12.1 Å². The molecule has 1 aromatic heterocycles. The number of hydrogen-bond acceptors (Lipinski definition) is 8. The fourth-order valence-corrected chi connectivity index (χ4v) is 6.67. The van der Waals surface area contributed by atoms with Crippen molar-refractivity contribution in [2.75, 3.05) is 13.2 Å². The highest BCUT2D eigenvalue weighted by Crippen LogP contribution is 2.28. The number of likely N-dealkylation sites (tertiary alicyclic amines) is 1. The number of amides is 3. The Balaban J connectivity index is 1.44. The normalized spacial score (nSPS) is 16.9. The molecular weight excluding hydrogens is 616 g/mol. The molecule has 2 heterocycles. The number of hydrogen-bond donors (Lipinski definition) is 3. The smallest absolute Gasteiger partial charge is 0.305 e. The number of ether oxygens (including phenoxy) is 1. The van der Waals surface area contributed by atoms with Gasteiger partial charge in [-0.15, -0.1) is 11.3 Å². The number of aromatic nitrogens is 1. The average molecular weight is 671 g/mol. The van der Waals surface area contributed by atoms with Crippen molar-refractivity contribution in [1.82, 2.24) is 20.5 Å². The summed E-state index contributed by atoms with van der Waals surface area (Å²) >= 11 is 1.59. The molecular formula is C36H54N4O6S. The van der Waals surface area contributed by atoms with E-state index in [4.69, 9.17) is 4.74 Å². The topological polar surface area (TPSA) is 138 Å². The number of aryl methyl sites for hydroxylation is 1. The van der Waals surface area contributed by atoms with Crippen LogP contribution in [0.5, 0.6) is 0 Å². The second kappa shape index (κ2) is 18.9. The lowest BCUT2D eigenvalue weighted by Crippen LogP contribution is -2.57. The van der Waals surface area contributed by atoms with Crippen LogP contribution in [0.25, 0.3) is 10.4 Å². The number of thiazole rings is 1. The number of unbranched alkanes of at least 4 members (excludes halogenated alkanes) is 7. The zero-order chi connectivity index (χ0) is 34.4. The Morgan fingerprint density at radius 3 is 2.19 bits per heavy atom. The third kappa shape index (κ3) is 12.3. The summed E-state index contributed by atoms with van der Waals surface area (Å²) in [4.78, 5) is 58.3. The minimum absolute atomic E-state index is 0.0467. The number of nitrogens with zero attached hydrogens (tertiary/aromatic N) is 2. The molecule has 3 atom stereocenters. The van der Waals surface area contributed by atoms with E-state index in [1.807, 2.05) is 64.4 Å². The first-order valence-electron chi connectivity index (χ1n) is 17.1. The number of carbonyl (C=O) groups is 4. The largest absolute Gasteiger partial charge is 0.466 e. The maximum absolute atomic E-state index is 13.8. The molecule has 0 radical (unpaired) electrons. The van der Waals surface area contributed by atoms with Crippen molar-refractivity contribution in [3.8, 4) is 10.4 Å².